The lowest BCUT2D eigenvalue weighted by atomic mass is 9.95. The van der Waals surface area contributed by atoms with Gasteiger partial charge in [-0.05, 0) is 6.42 Å². The van der Waals surface area contributed by atoms with Crippen molar-refractivity contribution in [3.05, 3.63) is 0 Å². The molecule has 0 radical (unpaired) electrons. The fraction of sp³-hybridized carbons (Fsp3) is 1.00. The molecule has 9 heavy (non-hydrogen) atoms. The first-order valence-corrected chi connectivity index (χ1v) is 3.68. The lowest BCUT2D eigenvalue weighted by Gasteiger charge is -2.31. The van der Waals surface area contributed by atoms with Crippen LogP contribution in [0.5, 0.6) is 0 Å². The SMILES string of the molecule is CCCC(N)C1COC1. The van der Waals surface area contributed by atoms with Crippen LogP contribution in [0.3, 0.4) is 0 Å². The summed E-state index contributed by atoms with van der Waals surface area (Å²) < 4.78 is 5.02. The Bertz CT molecular complexity index is 81.0. The third kappa shape index (κ3) is 1.66. The van der Waals surface area contributed by atoms with Crippen LogP contribution in [0, 0.1) is 5.92 Å². The Hall–Kier alpha value is -0.0800. The van der Waals surface area contributed by atoms with E-state index in [1.807, 2.05) is 0 Å². The Morgan fingerprint density at radius 3 is 2.67 bits per heavy atom. The molecule has 1 saturated heterocycles. The van der Waals surface area contributed by atoms with Gasteiger partial charge < -0.3 is 10.5 Å². The predicted octanol–water partition coefficient (Wildman–Crippen LogP) is 0.760. The molecule has 0 amide bonds. The van der Waals surface area contributed by atoms with Crippen molar-refractivity contribution in [3.8, 4) is 0 Å². The van der Waals surface area contributed by atoms with Crippen LogP contribution >= 0.6 is 0 Å². The highest BCUT2D eigenvalue weighted by atomic mass is 16.5. The van der Waals surface area contributed by atoms with E-state index in [2.05, 4.69) is 6.92 Å². The Balaban J connectivity index is 2.08. The molecule has 0 spiro atoms. The van der Waals surface area contributed by atoms with Gasteiger partial charge in [-0.3, -0.25) is 0 Å². The minimum absolute atomic E-state index is 0.392. The standard InChI is InChI=1S/C7H15NO/c1-2-3-7(8)6-4-9-5-6/h6-7H,2-5,8H2,1H3. The van der Waals surface area contributed by atoms with Crippen molar-refractivity contribution >= 4 is 0 Å². The van der Waals surface area contributed by atoms with Gasteiger partial charge in [0.05, 0.1) is 13.2 Å². The van der Waals surface area contributed by atoms with E-state index < -0.39 is 0 Å². The molecular formula is C7H15NO. The third-order valence-electron chi connectivity index (χ3n) is 1.89. The molecule has 2 N–H and O–H groups in total. The highest BCUT2D eigenvalue weighted by Crippen LogP contribution is 2.15. The zero-order chi connectivity index (χ0) is 6.69. The van der Waals surface area contributed by atoms with Crippen molar-refractivity contribution in [2.75, 3.05) is 13.2 Å². The van der Waals surface area contributed by atoms with Gasteiger partial charge in [-0.2, -0.15) is 0 Å². The molecule has 1 aliphatic rings. The van der Waals surface area contributed by atoms with Crippen molar-refractivity contribution in [3.63, 3.8) is 0 Å². The van der Waals surface area contributed by atoms with Crippen LogP contribution in [0.2, 0.25) is 0 Å². The van der Waals surface area contributed by atoms with Crippen LogP contribution in [0.25, 0.3) is 0 Å². The van der Waals surface area contributed by atoms with Crippen molar-refractivity contribution < 1.29 is 4.74 Å². The smallest absolute Gasteiger partial charge is 0.0531 e. The quantitative estimate of drug-likeness (QED) is 0.610. The van der Waals surface area contributed by atoms with Crippen molar-refractivity contribution in [1.82, 2.24) is 0 Å². The van der Waals surface area contributed by atoms with E-state index in [9.17, 15) is 0 Å². The van der Waals surface area contributed by atoms with Gasteiger partial charge in [0.15, 0.2) is 0 Å². The fourth-order valence-electron chi connectivity index (χ4n) is 1.07. The predicted molar refractivity (Wildman–Crippen MR) is 37.2 cm³/mol. The molecule has 2 nitrogen and oxygen atoms in total. The van der Waals surface area contributed by atoms with E-state index in [4.69, 9.17) is 10.5 Å². The van der Waals surface area contributed by atoms with Gasteiger partial charge in [0, 0.05) is 12.0 Å². The second kappa shape index (κ2) is 3.18. The highest BCUT2D eigenvalue weighted by Gasteiger charge is 2.24. The summed E-state index contributed by atoms with van der Waals surface area (Å²) in [6.07, 6.45) is 2.34. The minimum Gasteiger partial charge on any atom is -0.381 e. The summed E-state index contributed by atoms with van der Waals surface area (Å²) in [7, 11) is 0. The van der Waals surface area contributed by atoms with Crippen LogP contribution in [0.15, 0.2) is 0 Å². The van der Waals surface area contributed by atoms with Gasteiger partial charge in [0.2, 0.25) is 0 Å². The number of hydrogen-bond acceptors (Lipinski definition) is 2. The Kier molecular flexibility index (Phi) is 2.49. The molecule has 0 aliphatic carbocycles. The first-order valence-electron chi connectivity index (χ1n) is 3.68. The second-order valence-corrected chi connectivity index (χ2v) is 2.75. The molecule has 0 aromatic rings. The molecule has 2 heteroatoms. The van der Waals surface area contributed by atoms with E-state index in [1.54, 1.807) is 0 Å². The maximum absolute atomic E-state index is 5.81. The van der Waals surface area contributed by atoms with Gasteiger partial charge in [-0.15, -0.1) is 0 Å². The summed E-state index contributed by atoms with van der Waals surface area (Å²) in [5.74, 6) is 0.657. The Morgan fingerprint density at radius 2 is 2.33 bits per heavy atom. The monoisotopic (exact) mass is 129 g/mol. The average molecular weight is 129 g/mol. The molecule has 1 unspecified atom stereocenters. The molecule has 1 heterocycles. The summed E-state index contributed by atoms with van der Waals surface area (Å²) in [5.41, 5.74) is 5.81. The zero-order valence-electron chi connectivity index (χ0n) is 5.97. The summed E-state index contributed by atoms with van der Waals surface area (Å²) in [6.45, 7) is 3.95. The van der Waals surface area contributed by atoms with Crippen LogP contribution in [-0.2, 0) is 4.74 Å². The molecule has 1 aliphatic heterocycles. The first-order chi connectivity index (χ1) is 4.34. The van der Waals surface area contributed by atoms with E-state index in [1.165, 1.54) is 6.42 Å². The van der Waals surface area contributed by atoms with Crippen molar-refractivity contribution in [1.29, 1.82) is 0 Å². The lowest BCUT2D eigenvalue weighted by Crippen LogP contribution is -2.42. The lowest BCUT2D eigenvalue weighted by molar-refractivity contribution is -0.0447. The van der Waals surface area contributed by atoms with Crippen molar-refractivity contribution in [2.45, 2.75) is 25.8 Å². The van der Waals surface area contributed by atoms with Crippen LogP contribution in [0.1, 0.15) is 19.8 Å². The van der Waals surface area contributed by atoms with Crippen LogP contribution in [0.4, 0.5) is 0 Å². The largest absolute Gasteiger partial charge is 0.381 e. The second-order valence-electron chi connectivity index (χ2n) is 2.75. The Labute approximate surface area is 56.4 Å². The topological polar surface area (TPSA) is 35.2 Å². The molecule has 1 fully saturated rings. The summed E-state index contributed by atoms with van der Waals surface area (Å²) in [5, 5.41) is 0. The molecule has 0 aromatic heterocycles. The van der Waals surface area contributed by atoms with E-state index in [0.29, 0.717) is 12.0 Å². The molecule has 0 bridgehead atoms. The van der Waals surface area contributed by atoms with Gasteiger partial charge >= 0.3 is 0 Å². The van der Waals surface area contributed by atoms with Crippen molar-refractivity contribution in [2.24, 2.45) is 11.7 Å². The molecule has 54 valence electrons. The molecular weight excluding hydrogens is 114 g/mol. The highest BCUT2D eigenvalue weighted by molar-refractivity contribution is 4.76. The maximum Gasteiger partial charge on any atom is 0.0531 e. The molecule has 0 saturated carbocycles. The average Bonchev–Trinajstić information content (AvgIpc) is 1.60. The van der Waals surface area contributed by atoms with Gasteiger partial charge in [0.1, 0.15) is 0 Å². The minimum atomic E-state index is 0.392. The molecule has 1 rings (SSSR count). The molecule has 1 atom stereocenters. The summed E-state index contributed by atoms with van der Waals surface area (Å²) >= 11 is 0. The number of hydrogen-bond donors (Lipinski definition) is 1. The van der Waals surface area contributed by atoms with E-state index in [-0.39, 0.29) is 0 Å². The maximum atomic E-state index is 5.81. The van der Waals surface area contributed by atoms with Crippen LogP contribution < -0.4 is 5.73 Å². The Morgan fingerprint density at radius 1 is 1.67 bits per heavy atom. The molecule has 0 aromatic carbocycles. The van der Waals surface area contributed by atoms with Gasteiger partial charge in [-0.1, -0.05) is 13.3 Å². The van der Waals surface area contributed by atoms with Crippen LogP contribution in [-0.4, -0.2) is 19.3 Å². The van der Waals surface area contributed by atoms with Gasteiger partial charge in [-0.25, -0.2) is 0 Å². The summed E-state index contributed by atoms with van der Waals surface area (Å²) in [4.78, 5) is 0. The number of rotatable bonds is 3. The zero-order valence-corrected chi connectivity index (χ0v) is 5.97. The van der Waals surface area contributed by atoms with E-state index >= 15 is 0 Å². The van der Waals surface area contributed by atoms with Gasteiger partial charge in [0.25, 0.3) is 0 Å². The number of nitrogens with two attached hydrogens (primary N) is 1. The number of ether oxygens (including phenoxy) is 1. The summed E-state index contributed by atoms with van der Waals surface area (Å²) in [6, 6.07) is 0.392. The third-order valence-corrected chi connectivity index (χ3v) is 1.89. The normalized spacial score (nSPS) is 23.3. The van der Waals surface area contributed by atoms with E-state index in [0.717, 1.165) is 19.6 Å². The first kappa shape index (κ1) is 7.03. The fourth-order valence-corrected chi connectivity index (χ4v) is 1.07.